The normalized spacial score (nSPS) is 11.9. The average molecular weight is 338 g/mol. The predicted molar refractivity (Wildman–Crippen MR) is 80.8 cm³/mol. The number of para-hydroxylation sites is 1. The van der Waals surface area contributed by atoms with Crippen LogP contribution in [0, 0.1) is 0 Å². The minimum absolute atomic E-state index is 0.212. The Bertz CT molecular complexity index is 598. The number of carbonyl (C=O) groups excluding carboxylic acids is 1. The molecule has 106 valence electrons. The maximum Gasteiger partial charge on any atom is 0.265 e. The van der Waals surface area contributed by atoms with E-state index in [1.807, 2.05) is 31.2 Å². The van der Waals surface area contributed by atoms with Crippen molar-refractivity contribution in [3.63, 3.8) is 0 Å². The number of amides is 1. The van der Waals surface area contributed by atoms with Crippen LogP contribution in [0.1, 0.15) is 13.8 Å². The number of rotatable bonds is 5. The Morgan fingerprint density at radius 1 is 1.50 bits per heavy atom. The van der Waals surface area contributed by atoms with Gasteiger partial charge in [0, 0.05) is 12.7 Å². The zero-order valence-electron chi connectivity index (χ0n) is 11.3. The lowest BCUT2D eigenvalue weighted by atomic mass is 10.3. The summed E-state index contributed by atoms with van der Waals surface area (Å²) in [5, 5.41) is 6.87. The Balaban J connectivity index is 1.97. The van der Waals surface area contributed by atoms with Crippen LogP contribution in [0.15, 0.2) is 41.1 Å². The number of aromatic nitrogens is 2. The van der Waals surface area contributed by atoms with Gasteiger partial charge in [-0.1, -0.05) is 12.1 Å². The first-order chi connectivity index (χ1) is 9.60. The van der Waals surface area contributed by atoms with Gasteiger partial charge >= 0.3 is 0 Å². The molecule has 0 aliphatic heterocycles. The van der Waals surface area contributed by atoms with E-state index in [0.29, 0.717) is 11.4 Å². The number of halogens is 1. The highest BCUT2D eigenvalue weighted by molar-refractivity contribution is 9.10. The first-order valence-electron chi connectivity index (χ1n) is 6.34. The van der Waals surface area contributed by atoms with Crippen molar-refractivity contribution in [1.29, 1.82) is 0 Å². The number of anilines is 1. The number of nitrogens with zero attached hydrogens (tertiary/aromatic N) is 2. The number of benzene rings is 1. The lowest BCUT2D eigenvalue weighted by Gasteiger charge is -2.14. The Hall–Kier alpha value is -1.82. The van der Waals surface area contributed by atoms with Crippen LogP contribution in [-0.4, -0.2) is 21.8 Å². The zero-order chi connectivity index (χ0) is 14.5. The Morgan fingerprint density at radius 2 is 2.25 bits per heavy atom. The van der Waals surface area contributed by atoms with Crippen LogP contribution in [0.25, 0.3) is 0 Å². The van der Waals surface area contributed by atoms with Crippen LogP contribution in [0.5, 0.6) is 5.75 Å². The third-order valence-corrected chi connectivity index (χ3v) is 3.39. The van der Waals surface area contributed by atoms with Crippen LogP contribution in [0.2, 0.25) is 0 Å². The van der Waals surface area contributed by atoms with Crippen LogP contribution in [0.4, 0.5) is 5.69 Å². The third-order valence-electron chi connectivity index (χ3n) is 2.73. The Morgan fingerprint density at radius 3 is 2.90 bits per heavy atom. The summed E-state index contributed by atoms with van der Waals surface area (Å²) >= 11 is 3.38. The summed E-state index contributed by atoms with van der Waals surface area (Å²) in [6.07, 6.45) is 2.80. The quantitative estimate of drug-likeness (QED) is 0.912. The van der Waals surface area contributed by atoms with Gasteiger partial charge in [0.05, 0.1) is 16.4 Å². The Kier molecular flexibility index (Phi) is 4.79. The highest BCUT2D eigenvalue weighted by atomic mass is 79.9. The molecular weight excluding hydrogens is 322 g/mol. The van der Waals surface area contributed by atoms with E-state index in [2.05, 4.69) is 26.3 Å². The number of ether oxygens (including phenoxy) is 1. The molecule has 0 bridgehead atoms. The molecule has 1 N–H and O–H groups in total. The molecule has 1 unspecified atom stereocenters. The molecule has 2 rings (SSSR count). The van der Waals surface area contributed by atoms with Gasteiger partial charge in [0.15, 0.2) is 6.10 Å². The number of hydrogen-bond acceptors (Lipinski definition) is 3. The van der Waals surface area contributed by atoms with Gasteiger partial charge in [0.1, 0.15) is 5.75 Å². The molecule has 0 aliphatic rings. The minimum atomic E-state index is -0.598. The van der Waals surface area contributed by atoms with Gasteiger partial charge in [-0.15, -0.1) is 0 Å². The van der Waals surface area contributed by atoms with E-state index in [1.165, 1.54) is 0 Å². The molecule has 0 saturated heterocycles. The van der Waals surface area contributed by atoms with E-state index in [0.717, 1.165) is 11.0 Å². The molecular formula is C14H16BrN3O2. The highest BCUT2D eigenvalue weighted by Crippen LogP contribution is 2.25. The maximum absolute atomic E-state index is 12.0. The molecule has 6 heteroatoms. The summed E-state index contributed by atoms with van der Waals surface area (Å²) in [7, 11) is 0. The zero-order valence-corrected chi connectivity index (χ0v) is 12.9. The van der Waals surface area contributed by atoms with Crippen LogP contribution >= 0.6 is 15.9 Å². The lowest BCUT2D eigenvalue weighted by molar-refractivity contribution is -0.122. The minimum Gasteiger partial charge on any atom is -0.480 e. The van der Waals surface area contributed by atoms with Crippen molar-refractivity contribution in [2.45, 2.75) is 26.5 Å². The van der Waals surface area contributed by atoms with Crippen LogP contribution in [0.3, 0.4) is 0 Å². The van der Waals surface area contributed by atoms with Gasteiger partial charge in [0.2, 0.25) is 0 Å². The van der Waals surface area contributed by atoms with E-state index >= 15 is 0 Å². The molecule has 0 aliphatic carbocycles. The summed E-state index contributed by atoms with van der Waals surface area (Å²) in [4.78, 5) is 12.0. The SMILES string of the molecule is CCn1cc(NC(=O)C(C)Oc2ccccc2Br)cn1. The van der Waals surface area contributed by atoms with E-state index in [1.54, 1.807) is 24.0 Å². The van der Waals surface area contributed by atoms with Gasteiger partial charge in [-0.2, -0.15) is 5.10 Å². The summed E-state index contributed by atoms with van der Waals surface area (Å²) in [5.74, 6) is 0.427. The molecule has 1 heterocycles. The summed E-state index contributed by atoms with van der Waals surface area (Å²) in [6.45, 7) is 4.45. The number of carbonyl (C=O) groups is 1. The Labute approximate surface area is 126 Å². The van der Waals surface area contributed by atoms with Crippen molar-refractivity contribution in [2.24, 2.45) is 0 Å². The maximum atomic E-state index is 12.0. The molecule has 1 amide bonds. The van der Waals surface area contributed by atoms with Crippen LogP contribution in [-0.2, 0) is 11.3 Å². The van der Waals surface area contributed by atoms with Crippen molar-refractivity contribution < 1.29 is 9.53 Å². The second-order valence-electron chi connectivity index (χ2n) is 4.26. The second-order valence-corrected chi connectivity index (χ2v) is 5.12. The molecule has 1 atom stereocenters. The third kappa shape index (κ3) is 3.60. The first kappa shape index (κ1) is 14.6. The molecule has 0 spiro atoms. The van der Waals surface area contributed by atoms with Gasteiger partial charge in [-0.3, -0.25) is 9.48 Å². The number of aryl methyl sites for hydroxylation is 1. The fourth-order valence-corrected chi connectivity index (χ4v) is 2.01. The van der Waals surface area contributed by atoms with E-state index < -0.39 is 6.10 Å². The molecule has 0 fully saturated rings. The van der Waals surface area contributed by atoms with Crippen LogP contribution < -0.4 is 10.1 Å². The highest BCUT2D eigenvalue weighted by Gasteiger charge is 2.16. The van der Waals surface area contributed by atoms with Crippen molar-refractivity contribution in [1.82, 2.24) is 9.78 Å². The summed E-state index contributed by atoms with van der Waals surface area (Å²) < 4.78 is 8.19. The van der Waals surface area contributed by atoms with Gasteiger partial charge in [0.25, 0.3) is 5.91 Å². The lowest BCUT2D eigenvalue weighted by Crippen LogP contribution is -2.30. The fourth-order valence-electron chi connectivity index (χ4n) is 1.63. The molecule has 1 aromatic heterocycles. The fraction of sp³-hybridized carbons (Fsp3) is 0.286. The number of hydrogen-bond donors (Lipinski definition) is 1. The standard InChI is InChI=1S/C14H16BrN3O2/c1-3-18-9-11(8-16-18)17-14(19)10(2)20-13-7-5-4-6-12(13)15/h4-10H,3H2,1-2H3,(H,17,19). The molecule has 2 aromatic rings. The summed E-state index contributed by atoms with van der Waals surface area (Å²) in [5.41, 5.74) is 0.666. The van der Waals surface area contributed by atoms with Gasteiger partial charge in [-0.05, 0) is 41.9 Å². The predicted octanol–water partition coefficient (Wildman–Crippen LogP) is 3.07. The average Bonchev–Trinajstić information content (AvgIpc) is 2.89. The van der Waals surface area contributed by atoms with Gasteiger partial charge in [-0.25, -0.2) is 0 Å². The van der Waals surface area contributed by atoms with Crippen molar-refractivity contribution in [3.05, 3.63) is 41.1 Å². The van der Waals surface area contributed by atoms with Crippen molar-refractivity contribution in [3.8, 4) is 5.75 Å². The monoisotopic (exact) mass is 337 g/mol. The number of nitrogens with one attached hydrogen (secondary N) is 1. The van der Waals surface area contributed by atoms with E-state index in [9.17, 15) is 4.79 Å². The first-order valence-corrected chi connectivity index (χ1v) is 7.14. The largest absolute Gasteiger partial charge is 0.480 e. The second kappa shape index (κ2) is 6.56. The van der Waals surface area contributed by atoms with E-state index in [-0.39, 0.29) is 5.91 Å². The van der Waals surface area contributed by atoms with Gasteiger partial charge < -0.3 is 10.1 Å². The van der Waals surface area contributed by atoms with E-state index in [4.69, 9.17) is 4.74 Å². The molecule has 0 radical (unpaired) electrons. The molecule has 20 heavy (non-hydrogen) atoms. The topological polar surface area (TPSA) is 56.2 Å². The summed E-state index contributed by atoms with van der Waals surface area (Å²) in [6, 6.07) is 7.42. The molecule has 1 aromatic carbocycles. The van der Waals surface area contributed by atoms with Crippen molar-refractivity contribution >= 4 is 27.5 Å². The smallest absolute Gasteiger partial charge is 0.265 e. The molecule has 5 nitrogen and oxygen atoms in total. The van der Waals surface area contributed by atoms with Crippen molar-refractivity contribution in [2.75, 3.05) is 5.32 Å². The molecule has 0 saturated carbocycles.